The summed E-state index contributed by atoms with van der Waals surface area (Å²) in [6.07, 6.45) is 1.56. The van der Waals surface area contributed by atoms with Crippen molar-refractivity contribution in [1.29, 1.82) is 0 Å². The van der Waals surface area contributed by atoms with Crippen LogP contribution in [-0.2, 0) is 13.1 Å². The van der Waals surface area contributed by atoms with Gasteiger partial charge in [0.15, 0.2) is 0 Å². The van der Waals surface area contributed by atoms with Crippen LogP contribution < -0.4 is 15.4 Å². The molecule has 0 radical (unpaired) electrons. The second-order valence-electron chi connectivity index (χ2n) is 5.78. The van der Waals surface area contributed by atoms with E-state index < -0.39 is 0 Å². The first-order chi connectivity index (χ1) is 13.1. The van der Waals surface area contributed by atoms with Crippen LogP contribution in [0.2, 0.25) is 5.02 Å². The largest absolute Gasteiger partial charge is 0.497 e. The van der Waals surface area contributed by atoms with Crippen LogP contribution in [0.15, 0.2) is 60.8 Å². The lowest BCUT2D eigenvalue weighted by Gasteiger charge is -2.08. The molecule has 0 bridgehead atoms. The number of hydrogen-bond donors (Lipinski definition) is 2. The number of aromatic nitrogens is 2. The average molecular weight is 383 g/mol. The van der Waals surface area contributed by atoms with Gasteiger partial charge in [0, 0.05) is 24.3 Å². The molecule has 0 saturated carbocycles. The molecule has 0 aliphatic rings. The molecule has 3 rings (SSSR count). The Hall–Kier alpha value is -3.12. The fourth-order valence-corrected chi connectivity index (χ4v) is 2.50. The summed E-state index contributed by atoms with van der Waals surface area (Å²) in [5, 5.41) is 6.61. The van der Waals surface area contributed by atoms with Gasteiger partial charge in [0.25, 0.3) is 5.91 Å². The lowest BCUT2D eigenvalue weighted by Crippen LogP contribution is -2.24. The number of nitrogens with zero attached hydrogens (tertiary/aromatic N) is 2. The second kappa shape index (κ2) is 9.00. The topological polar surface area (TPSA) is 76.1 Å². The number of benzene rings is 2. The van der Waals surface area contributed by atoms with Gasteiger partial charge in [-0.25, -0.2) is 9.97 Å². The zero-order chi connectivity index (χ0) is 19.1. The molecule has 1 aromatic heterocycles. The average Bonchev–Trinajstić information content (AvgIpc) is 2.72. The van der Waals surface area contributed by atoms with Crippen molar-refractivity contribution >= 4 is 23.5 Å². The minimum Gasteiger partial charge on any atom is -0.497 e. The van der Waals surface area contributed by atoms with Gasteiger partial charge in [-0.1, -0.05) is 35.9 Å². The molecule has 2 N–H and O–H groups in total. The molecule has 0 atom stereocenters. The third-order valence-electron chi connectivity index (χ3n) is 3.86. The Morgan fingerprint density at radius 2 is 1.67 bits per heavy atom. The molecule has 7 heteroatoms. The maximum atomic E-state index is 12.3. The van der Waals surface area contributed by atoms with Crippen LogP contribution in [0, 0.1) is 0 Å². The van der Waals surface area contributed by atoms with E-state index in [9.17, 15) is 4.79 Å². The number of methoxy groups -OCH3 is 1. The highest BCUT2D eigenvalue weighted by Gasteiger charge is 2.08. The standard InChI is InChI=1S/C20H19ClN4O2/c1-27-17-8-4-15(5-9-17)13-24-20-22-11-10-18(25-20)19(26)23-12-14-2-6-16(21)7-3-14/h2-11H,12-13H2,1H3,(H,23,26)(H,22,24,25). The maximum Gasteiger partial charge on any atom is 0.270 e. The number of rotatable bonds is 7. The summed E-state index contributed by atoms with van der Waals surface area (Å²) >= 11 is 5.86. The first kappa shape index (κ1) is 18.7. The molecular formula is C20H19ClN4O2. The van der Waals surface area contributed by atoms with E-state index in [0.29, 0.717) is 29.8 Å². The van der Waals surface area contributed by atoms with Crippen molar-refractivity contribution in [2.24, 2.45) is 0 Å². The van der Waals surface area contributed by atoms with Gasteiger partial charge >= 0.3 is 0 Å². The Morgan fingerprint density at radius 3 is 2.37 bits per heavy atom. The van der Waals surface area contributed by atoms with Crippen molar-refractivity contribution in [3.8, 4) is 5.75 Å². The van der Waals surface area contributed by atoms with Crippen molar-refractivity contribution in [2.75, 3.05) is 12.4 Å². The van der Waals surface area contributed by atoms with Crippen LogP contribution in [0.4, 0.5) is 5.95 Å². The number of carbonyl (C=O) groups is 1. The molecule has 0 saturated heterocycles. The molecule has 6 nitrogen and oxygen atoms in total. The number of nitrogens with one attached hydrogen (secondary N) is 2. The van der Waals surface area contributed by atoms with E-state index in [4.69, 9.17) is 16.3 Å². The highest BCUT2D eigenvalue weighted by molar-refractivity contribution is 6.30. The Balaban J connectivity index is 1.56. The third-order valence-corrected chi connectivity index (χ3v) is 4.12. The van der Waals surface area contributed by atoms with Crippen molar-refractivity contribution in [1.82, 2.24) is 15.3 Å². The molecule has 0 aliphatic heterocycles. The minimum absolute atomic E-state index is 0.264. The monoisotopic (exact) mass is 382 g/mol. The zero-order valence-electron chi connectivity index (χ0n) is 14.8. The fraction of sp³-hybridized carbons (Fsp3) is 0.150. The number of amides is 1. The Morgan fingerprint density at radius 1 is 1.00 bits per heavy atom. The molecule has 0 fully saturated rings. The second-order valence-corrected chi connectivity index (χ2v) is 6.21. The molecule has 1 amide bonds. The highest BCUT2D eigenvalue weighted by Crippen LogP contribution is 2.12. The number of halogens is 1. The normalized spacial score (nSPS) is 10.3. The Bertz CT molecular complexity index is 899. The van der Waals surface area contributed by atoms with E-state index in [0.717, 1.165) is 16.9 Å². The minimum atomic E-state index is -0.264. The van der Waals surface area contributed by atoms with Gasteiger partial charge in [-0.05, 0) is 41.5 Å². The fourth-order valence-electron chi connectivity index (χ4n) is 2.37. The molecule has 0 spiro atoms. The highest BCUT2D eigenvalue weighted by atomic mass is 35.5. The van der Waals surface area contributed by atoms with E-state index in [1.165, 1.54) is 0 Å². The molecule has 1 heterocycles. The van der Waals surface area contributed by atoms with Gasteiger partial charge in [-0.15, -0.1) is 0 Å². The maximum absolute atomic E-state index is 12.3. The van der Waals surface area contributed by atoms with Crippen LogP contribution in [0.5, 0.6) is 5.75 Å². The van der Waals surface area contributed by atoms with Crippen molar-refractivity contribution in [3.63, 3.8) is 0 Å². The predicted molar refractivity (Wildman–Crippen MR) is 105 cm³/mol. The summed E-state index contributed by atoms with van der Waals surface area (Å²) in [4.78, 5) is 20.7. The number of carbonyl (C=O) groups excluding carboxylic acids is 1. The molecule has 0 aliphatic carbocycles. The molecule has 27 heavy (non-hydrogen) atoms. The molecule has 0 unspecified atom stereocenters. The summed E-state index contributed by atoms with van der Waals surface area (Å²) in [7, 11) is 1.63. The van der Waals surface area contributed by atoms with Crippen LogP contribution in [0.3, 0.4) is 0 Å². The SMILES string of the molecule is COc1ccc(CNc2nccc(C(=O)NCc3ccc(Cl)cc3)n2)cc1. The van der Waals surface area contributed by atoms with Crippen LogP contribution in [0.25, 0.3) is 0 Å². The van der Waals surface area contributed by atoms with E-state index in [1.807, 2.05) is 36.4 Å². The van der Waals surface area contributed by atoms with Crippen molar-refractivity contribution < 1.29 is 9.53 Å². The quantitative estimate of drug-likeness (QED) is 0.651. The van der Waals surface area contributed by atoms with Crippen molar-refractivity contribution in [2.45, 2.75) is 13.1 Å². The summed E-state index contributed by atoms with van der Waals surface area (Å²) in [6, 6.07) is 16.6. The number of anilines is 1. The molecule has 3 aromatic rings. The Kier molecular flexibility index (Phi) is 6.22. The summed E-state index contributed by atoms with van der Waals surface area (Å²) < 4.78 is 5.14. The summed E-state index contributed by atoms with van der Waals surface area (Å²) in [6.45, 7) is 0.939. The van der Waals surface area contributed by atoms with E-state index in [-0.39, 0.29) is 5.91 Å². The lowest BCUT2D eigenvalue weighted by molar-refractivity contribution is 0.0946. The van der Waals surface area contributed by atoms with Gasteiger partial charge < -0.3 is 15.4 Å². The van der Waals surface area contributed by atoms with Gasteiger partial charge in [-0.3, -0.25) is 4.79 Å². The van der Waals surface area contributed by atoms with Gasteiger partial charge in [0.05, 0.1) is 7.11 Å². The predicted octanol–water partition coefficient (Wildman–Crippen LogP) is 3.68. The van der Waals surface area contributed by atoms with E-state index in [2.05, 4.69) is 20.6 Å². The number of hydrogen-bond acceptors (Lipinski definition) is 5. The molecule has 138 valence electrons. The van der Waals surface area contributed by atoms with Crippen LogP contribution in [-0.4, -0.2) is 23.0 Å². The smallest absolute Gasteiger partial charge is 0.270 e. The molecular weight excluding hydrogens is 364 g/mol. The van der Waals surface area contributed by atoms with Gasteiger partial charge in [-0.2, -0.15) is 0 Å². The number of ether oxygens (including phenoxy) is 1. The van der Waals surface area contributed by atoms with Crippen LogP contribution >= 0.6 is 11.6 Å². The van der Waals surface area contributed by atoms with Gasteiger partial charge in [0.1, 0.15) is 11.4 Å². The zero-order valence-corrected chi connectivity index (χ0v) is 15.5. The molecule has 2 aromatic carbocycles. The van der Waals surface area contributed by atoms with Crippen molar-refractivity contribution in [3.05, 3.63) is 82.6 Å². The third kappa shape index (κ3) is 5.43. The summed E-state index contributed by atoms with van der Waals surface area (Å²) in [5.41, 5.74) is 2.31. The first-order valence-electron chi connectivity index (χ1n) is 8.36. The van der Waals surface area contributed by atoms with Gasteiger partial charge in [0.2, 0.25) is 5.95 Å². The Labute approximate surface area is 162 Å². The lowest BCUT2D eigenvalue weighted by atomic mass is 10.2. The summed E-state index contributed by atoms with van der Waals surface area (Å²) in [5.74, 6) is 0.930. The first-order valence-corrected chi connectivity index (χ1v) is 8.74. The van der Waals surface area contributed by atoms with E-state index in [1.54, 1.807) is 31.5 Å². The van der Waals surface area contributed by atoms with E-state index >= 15 is 0 Å². The van der Waals surface area contributed by atoms with Crippen LogP contribution in [0.1, 0.15) is 21.6 Å².